The van der Waals surface area contributed by atoms with Gasteiger partial charge in [0.15, 0.2) is 5.15 Å². The fraction of sp³-hybridized carbons (Fsp3) is 0.143. The number of nitrogens with one attached hydrogen (secondary N) is 1. The molecular weight excluding hydrogens is 302 g/mol. The Labute approximate surface area is 124 Å². The average Bonchev–Trinajstić information content (AvgIpc) is 2.43. The van der Waals surface area contributed by atoms with Crippen LogP contribution in [0.5, 0.6) is 5.75 Å². The zero-order valence-corrected chi connectivity index (χ0v) is 11.7. The molecule has 0 aliphatic carbocycles. The predicted octanol–water partition coefficient (Wildman–Crippen LogP) is 3.90. The van der Waals surface area contributed by atoms with E-state index in [0.29, 0.717) is 11.3 Å². The van der Waals surface area contributed by atoms with Crippen LogP contribution in [-0.4, -0.2) is 17.5 Å². The molecule has 0 spiro atoms. The summed E-state index contributed by atoms with van der Waals surface area (Å²) in [5, 5.41) is 2.67. The number of alkyl halides is 2. The number of nitrogens with zero attached hydrogens (tertiary/aromatic N) is 1. The monoisotopic (exact) mass is 312 g/mol. The molecule has 4 nitrogen and oxygen atoms in total. The highest BCUT2D eigenvalue weighted by molar-refractivity contribution is 6.32. The summed E-state index contributed by atoms with van der Waals surface area (Å²) in [7, 11) is 0. The Kier molecular flexibility index (Phi) is 4.70. The highest BCUT2D eigenvalue weighted by Crippen LogP contribution is 2.26. The van der Waals surface area contributed by atoms with Gasteiger partial charge in [-0.1, -0.05) is 23.7 Å². The Morgan fingerprint density at radius 2 is 2.05 bits per heavy atom. The van der Waals surface area contributed by atoms with Crippen LogP contribution < -0.4 is 10.1 Å². The van der Waals surface area contributed by atoms with Crippen molar-refractivity contribution >= 4 is 23.2 Å². The molecule has 1 amide bonds. The number of rotatable bonds is 4. The lowest BCUT2D eigenvalue weighted by Gasteiger charge is -2.12. The van der Waals surface area contributed by atoms with Crippen molar-refractivity contribution in [1.82, 2.24) is 4.98 Å². The minimum Gasteiger partial charge on any atom is -0.434 e. The van der Waals surface area contributed by atoms with Gasteiger partial charge in [0.05, 0.1) is 11.3 Å². The van der Waals surface area contributed by atoms with Gasteiger partial charge in [-0.15, -0.1) is 0 Å². The maximum atomic E-state index is 12.3. The maximum Gasteiger partial charge on any atom is 0.387 e. The van der Waals surface area contributed by atoms with E-state index in [1.54, 1.807) is 19.1 Å². The van der Waals surface area contributed by atoms with E-state index >= 15 is 0 Å². The van der Waals surface area contributed by atoms with Crippen LogP contribution in [0.15, 0.2) is 36.5 Å². The van der Waals surface area contributed by atoms with Crippen LogP contribution in [0.25, 0.3) is 0 Å². The van der Waals surface area contributed by atoms with Gasteiger partial charge in [-0.05, 0) is 30.7 Å². The third kappa shape index (κ3) is 3.66. The first-order valence-corrected chi connectivity index (χ1v) is 6.33. The quantitative estimate of drug-likeness (QED) is 0.871. The first-order chi connectivity index (χ1) is 9.99. The molecule has 21 heavy (non-hydrogen) atoms. The Hall–Kier alpha value is -2.21. The SMILES string of the molecule is Cc1ccnc(Cl)c1NC(=O)c1ccccc1OC(F)F. The normalized spacial score (nSPS) is 10.5. The molecule has 2 aromatic rings. The molecule has 0 bridgehead atoms. The van der Waals surface area contributed by atoms with E-state index in [-0.39, 0.29) is 16.5 Å². The van der Waals surface area contributed by atoms with Crippen molar-refractivity contribution in [3.8, 4) is 5.75 Å². The van der Waals surface area contributed by atoms with Gasteiger partial charge in [0.25, 0.3) is 5.91 Å². The summed E-state index contributed by atoms with van der Waals surface area (Å²) in [6, 6.07) is 7.39. The Morgan fingerprint density at radius 1 is 1.33 bits per heavy atom. The number of ether oxygens (including phenoxy) is 1. The molecule has 0 unspecified atom stereocenters. The molecule has 1 aromatic carbocycles. The molecule has 0 aliphatic heterocycles. The third-order valence-electron chi connectivity index (χ3n) is 2.70. The number of hydrogen-bond donors (Lipinski definition) is 1. The average molecular weight is 313 g/mol. The van der Waals surface area contributed by atoms with Crippen LogP contribution in [0.3, 0.4) is 0 Å². The zero-order chi connectivity index (χ0) is 15.4. The van der Waals surface area contributed by atoms with E-state index in [1.165, 1.54) is 24.4 Å². The summed E-state index contributed by atoms with van der Waals surface area (Å²) >= 11 is 5.91. The first-order valence-electron chi connectivity index (χ1n) is 5.95. The van der Waals surface area contributed by atoms with Crippen LogP contribution in [0.2, 0.25) is 5.15 Å². The fourth-order valence-corrected chi connectivity index (χ4v) is 1.96. The van der Waals surface area contributed by atoms with Crippen molar-refractivity contribution < 1.29 is 18.3 Å². The molecular formula is C14H11ClF2N2O2. The standard InChI is InChI=1S/C14H11ClF2N2O2/c1-8-6-7-18-12(15)11(8)19-13(20)9-4-2-3-5-10(9)21-14(16)17/h2-7,14H,1H3,(H,19,20). The number of aryl methyl sites for hydroxylation is 1. The molecule has 0 atom stereocenters. The number of anilines is 1. The van der Waals surface area contributed by atoms with Gasteiger partial charge in [-0.3, -0.25) is 4.79 Å². The summed E-state index contributed by atoms with van der Waals surface area (Å²) < 4.78 is 29.0. The van der Waals surface area contributed by atoms with Gasteiger partial charge in [0, 0.05) is 6.20 Å². The second kappa shape index (κ2) is 6.49. The summed E-state index contributed by atoms with van der Waals surface area (Å²) in [5.41, 5.74) is 1.02. The number of halogens is 3. The molecule has 0 fully saturated rings. The van der Waals surface area contributed by atoms with E-state index in [4.69, 9.17) is 11.6 Å². The second-order valence-electron chi connectivity index (χ2n) is 4.12. The third-order valence-corrected chi connectivity index (χ3v) is 2.99. The lowest BCUT2D eigenvalue weighted by Crippen LogP contribution is -2.16. The topological polar surface area (TPSA) is 51.2 Å². The predicted molar refractivity (Wildman–Crippen MR) is 75.0 cm³/mol. The lowest BCUT2D eigenvalue weighted by atomic mass is 10.1. The Morgan fingerprint density at radius 3 is 2.71 bits per heavy atom. The number of hydrogen-bond acceptors (Lipinski definition) is 3. The van der Waals surface area contributed by atoms with Crippen molar-refractivity contribution in [2.24, 2.45) is 0 Å². The molecule has 0 saturated heterocycles. The molecule has 1 N–H and O–H groups in total. The molecule has 0 radical (unpaired) electrons. The summed E-state index contributed by atoms with van der Waals surface area (Å²) in [5.74, 6) is -0.813. The van der Waals surface area contributed by atoms with Gasteiger partial charge in [-0.25, -0.2) is 4.98 Å². The minimum atomic E-state index is -3.01. The molecule has 2 rings (SSSR count). The zero-order valence-electron chi connectivity index (χ0n) is 10.9. The largest absolute Gasteiger partial charge is 0.434 e. The number of carbonyl (C=O) groups excluding carboxylic acids is 1. The van der Waals surface area contributed by atoms with Crippen molar-refractivity contribution in [3.05, 3.63) is 52.8 Å². The van der Waals surface area contributed by atoms with E-state index in [2.05, 4.69) is 15.0 Å². The van der Waals surface area contributed by atoms with Gasteiger partial charge >= 0.3 is 6.61 Å². The highest BCUT2D eigenvalue weighted by Gasteiger charge is 2.17. The summed E-state index contributed by atoms with van der Waals surface area (Å²) in [6.45, 7) is -1.27. The van der Waals surface area contributed by atoms with Crippen LogP contribution >= 0.6 is 11.6 Å². The summed E-state index contributed by atoms with van der Waals surface area (Å²) in [6.07, 6.45) is 1.50. The van der Waals surface area contributed by atoms with E-state index in [0.717, 1.165) is 0 Å². The maximum absolute atomic E-state index is 12.3. The minimum absolute atomic E-state index is 0.0166. The number of carbonyl (C=O) groups is 1. The van der Waals surface area contributed by atoms with Gasteiger partial charge in [-0.2, -0.15) is 8.78 Å². The number of benzene rings is 1. The Balaban J connectivity index is 2.29. The molecule has 7 heteroatoms. The number of pyridine rings is 1. The van der Waals surface area contributed by atoms with E-state index in [9.17, 15) is 13.6 Å². The number of amides is 1. The van der Waals surface area contributed by atoms with Crippen LogP contribution in [0.1, 0.15) is 15.9 Å². The van der Waals surface area contributed by atoms with Crippen molar-refractivity contribution in [3.63, 3.8) is 0 Å². The van der Waals surface area contributed by atoms with Crippen molar-refractivity contribution in [2.45, 2.75) is 13.5 Å². The molecule has 0 saturated carbocycles. The Bertz CT molecular complexity index is 645. The first kappa shape index (κ1) is 15.2. The molecule has 0 aliphatic rings. The van der Waals surface area contributed by atoms with E-state index in [1.807, 2.05) is 0 Å². The number of para-hydroxylation sites is 1. The molecule has 110 valence electrons. The number of aromatic nitrogens is 1. The second-order valence-corrected chi connectivity index (χ2v) is 4.48. The van der Waals surface area contributed by atoms with Crippen molar-refractivity contribution in [2.75, 3.05) is 5.32 Å². The van der Waals surface area contributed by atoms with Crippen LogP contribution in [0.4, 0.5) is 14.5 Å². The van der Waals surface area contributed by atoms with Gasteiger partial charge in [0.1, 0.15) is 5.75 Å². The van der Waals surface area contributed by atoms with Crippen LogP contribution in [0, 0.1) is 6.92 Å². The smallest absolute Gasteiger partial charge is 0.387 e. The fourth-order valence-electron chi connectivity index (χ4n) is 1.71. The summed E-state index contributed by atoms with van der Waals surface area (Å²) in [4.78, 5) is 16.1. The molecule has 1 heterocycles. The van der Waals surface area contributed by atoms with Crippen molar-refractivity contribution in [1.29, 1.82) is 0 Å². The van der Waals surface area contributed by atoms with Gasteiger partial charge < -0.3 is 10.1 Å². The highest BCUT2D eigenvalue weighted by atomic mass is 35.5. The molecule has 1 aromatic heterocycles. The van der Waals surface area contributed by atoms with Crippen LogP contribution in [-0.2, 0) is 0 Å². The van der Waals surface area contributed by atoms with Gasteiger partial charge in [0.2, 0.25) is 0 Å². The lowest BCUT2D eigenvalue weighted by molar-refractivity contribution is -0.0501. The van der Waals surface area contributed by atoms with E-state index < -0.39 is 12.5 Å².